The number of hydrogen-bond donors (Lipinski definition) is 2. The molecule has 0 unspecified atom stereocenters. The summed E-state index contributed by atoms with van der Waals surface area (Å²) < 4.78 is 1.74. The van der Waals surface area contributed by atoms with Crippen LogP contribution in [-0.4, -0.2) is 19.7 Å². The van der Waals surface area contributed by atoms with E-state index in [2.05, 4.69) is 15.4 Å². The van der Waals surface area contributed by atoms with Gasteiger partial charge in [-0.3, -0.25) is 0 Å². The van der Waals surface area contributed by atoms with Crippen LogP contribution < -0.4 is 5.32 Å². The molecule has 2 N–H and O–H groups in total. The number of aryl methyl sites for hydroxylation is 1. The largest absolute Gasteiger partial charge is 0.508 e. The summed E-state index contributed by atoms with van der Waals surface area (Å²) in [5, 5.41) is 16.7. The Morgan fingerprint density at radius 1 is 1.21 bits per heavy atom. The Balaban J connectivity index is 1.76. The van der Waals surface area contributed by atoms with Crippen LogP contribution in [0.2, 0.25) is 0 Å². The zero-order valence-electron chi connectivity index (χ0n) is 10.5. The number of nitrogens with one attached hydrogen (secondary N) is 1. The first-order valence-corrected chi connectivity index (χ1v) is 6.05. The third kappa shape index (κ3) is 2.49. The maximum absolute atomic E-state index is 9.21. The molecule has 0 atom stereocenters. The second kappa shape index (κ2) is 4.61. The first-order chi connectivity index (χ1) is 9.20. The van der Waals surface area contributed by atoms with Crippen molar-refractivity contribution in [3.05, 3.63) is 53.7 Å². The molecule has 3 aromatic rings. The summed E-state index contributed by atoms with van der Waals surface area (Å²) in [4.78, 5) is 4.40. The van der Waals surface area contributed by atoms with Gasteiger partial charge in [-0.2, -0.15) is 4.98 Å². The summed E-state index contributed by atoms with van der Waals surface area (Å²) in [6.45, 7) is 2.65. The fourth-order valence-electron chi connectivity index (χ4n) is 1.85. The lowest BCUT2D eigenvalue weighted by Crippen LogP contribution is -2.00. The highest BCUT2D eigenvalue weighted by Gasteiger charge is 2.03. The summed E-state index contributed by atoms with van der Waals surface area (Å²) in [5.74, 6) is 0.865. The Hall–Kier alpha value is -2.56. The van der Waals surface area contributed by atoms with Gasteiger partial charge in [-0.05, 0) is 42.3 Å². The molecule has 0 bridgehead atoms. The van der Waals surface area contributed by atoms with Crippen LogP contribution in [0, 0.1) is 6.92 Å². The van der Waals surface area contributed by atoms with Crippen LogP contribution in [-0.2, 0) is 6.54 Å². The topological polar surface area (TPSA) is 62.5 Å². The minimum Gasteiger partial charge on any atom is -0.508 e. The van der Waals surface area contributed by atoms with Crippen molar-refractivity contribution in [3.8, 4) is 5.75 Å². The molecule has 1 aromatic carbocycles. The van der Waals surface area contributed by atoms with Crippen LogP contribution in [0.1, 0.15) is 11.1 Å². The normalized spacial score (nSPS) is 10.8. The van der Waals surface area contributed by atoms with Gasteiger partial charge in [0.05, 0.1) is 0 Å². The van der Waals surface area contributed by atoms with E-state index >= 15 is 0 Å². The lowest BCUT2D eigenvalue weighted by Gasteiger charge is -2.01. The molecular formula is C14H14N4O. The maximum Gasteiger partial charge on any atom is 0.243 e. The predicted molar refractivity (Wildman–Crippen MR) is 73.2 cm³/mol. The van der Waals surface area contributed by atoms with Gasteiger partial charge in [0, 0.05) is 12.7 Å². The predicted octanol–water partition coefficient (Wildman–Crippen LogP) is 2.36. The Kier molecular flexibility index (Phi) is 2.79. The van der Waals surface area contributed by atoms with Crippen LogP contribution in [0.15, 0.2) is 42.6 Å². The standard InChI is InChI=1S/C14H14N4O/c1-10-6-7-18-13(8-10)16-14(17-18)15-9-11-2-4-12(19)5-3-11/h2-8,19H,9H2,1H3,(H,15,17). The molecule has 0 saturated heterocycles. The number of anilines is 1. The minimum absolute atomic E-state index is 0.269. The smallest absolute Gasteiger partial charge is 0.243 e. The van der Waals surface area contributed by atoms with Gasteiger partial charge in [-0.15, -0.1) is 5.10 Å². The molecule has 0 saturated carbocycles. The summed E-state index contributed by atoms with van der Waals surface area (Å²) in [5.41, 5.74) is 3.05. The van der Waals surface area contributed by atoms with E-state index in [0.29, 0.717) is 12.5 Å². The number of aromatic hydroxyl groups is 1. The number of hydrogen-bond acceptors (Lipinski definition) is 4. The van der Waals surface area contributed by atoms with Crippen LogP contribution in [0.4, 0.5) is 5.95 Å². The van der Waals surface area contributed by atoms with E-state index in [9.17, 15) is 5.11 Å². The van der Waals surface area contributed by atoms with Crippen molar-refractivity contribution in [2.75, 3.05) is 5.32 Å². The van der Waals surface area contributed by atoms with Crippen LogP contribution in [0.3, 0.4) is 0 Å². The highest BCUT2D eigenvalue weighted by atomic mass is 16.3. The Labute approximate surface area is 110 Å². The average Bonchev–Trinajstić information content (AvgIpc) is 2.80. The van der Waals surface area contributed by atoms with E-state index in [-0.39, 0.29) is 5.75 Å². The van der Waals surface area contributed by atoms with Crippen molar-refractivity contribution in [2.24, 2.45) is 0 Å². The fraction of sp³-hybridized carbons (Fsp3) is 0.143. The monoisotopic (exact) mass is 254 g/mol. The van der Waals surface area contributed by atoms with Crippen LogP contribution in [0.25, 0.3) is 5.65 Å². The molecule has 0 amide bonds. The highest BCUT2D eigenvalue weighted by Crippen LogP contribution is 2.12. The van der Waals surface area contributed by atoms with Crippen molar-refractivity contribution in [1.82, 2.24) is 14.6 Å². The molecule has 5 heteroatoms. The average molecular weight is 254 g/mol. The van der Waals surface area contributed by atoms with E-state index < -0.39 is 0 Å². The van der Waals surface area contributed by atoms with Gasteiger partial charge >= 0.3 is 0 Å². The zero-order valence-corrected chi connectivity index (χ0v) is 10.5. The number of phenols is 1. The van der Waals surface area contributed by atoms with E-state index in [1.807, 2.05) is 37.4 Å². The first kappa shape index (κ1) is 11.5. The molecule has 0 spiro atoms. The molecule has 0 aliphatic carbocycles. The van der Waals surface area contributed by atoms with Crippen molar-refractivity contribution in [1.29, 1.82) is 0 Å². The van der Waals surface area contributed by atoms with Crippen LogP contribution in [0.5, 0.6) is 5.75 Å². The molecule has 0 aliphatic heterocycles. The Bertz CT molecular complexity index is 703. The molecule has 2 heterocycles. The van der Waals surface area contributed by atoms with Crippen molar-refractivity contribution in [3.63, 3.8) is 0 Å². The lowest BCUT2D eigenvalue weighted by atomic mass is 10.2. The molecule has 3 rings (SSSR count). The van der Waals surface area contributed by atoms with E-state index in [4.69, 9.17) is 0 Å². The lowest BCUT2D eigenvalue weighted by molar-refractivity contribution is 0.475. The zero-order chi connectivity index (χ0) is 13.2. The molecule has 0 radical (unpaired) electrons. The second-order valence-corrected chi connectivity index (χ2v) is 4.46. The summed E-state index contributed by atoms with van der Waals surface area (Å²) in [7, 11) is 0. The van der Waals surface area contributed by atoms with E-state index in [1.54, 1.807) is 16.6 Å². The number of benzene rings is 1. The molecule has 0 fully saturated rings. The van der Waals surface area contributed by atoms with Gasteiger partial charge in [-0.25, -0.2) is 4.52 Å². The van der Waals surface area contributed by atoms with Gasteiger partial charge in [-0.1, -0.05) is 12.1 Å². The molecule has 0 aliphatic rings. The van der Waals surface area contributed by atoms with Crippen molar-refractivity contribution >= 4 is 11.6 Å². The van der Waals surface area contributed by atoms with Crippen molar-refractivity contribution in [2.45, 2.75) is 13.5 Å². The summed E-state index contributed by atoms with van der Waals surface area (Å²) >= 11 is 0. The molecule has 5 nitrogen and oxygen atoms in total. The molecule has 2 aromatic heterocycles. The number of rotatable bonds is 3. The summed E-state index contributed by atoms with van der Waals surface area (Å²) in [6.07, 6.45) is 1.89. The van der Waals surface area contributed by atoms with Crippen molar-refractivity contribution < 1.29 is 5.11 Å². The third-order valence-corrected chi connectivity index (χ3v) is 2.88. The fourth-order valence-corrected chi connectivity index (χ4v) is 1.85. The molecule has 96 valence electrons. The van der Waals surface area contributed by atoms with E-state index in [1.165, 1.54) is 0 Å². The third-order valence-electron chi connectivity index (χ3n) is 2.88. The number of phenolic OH excluding ortho intramolecular Hbond substituents is 1. The van der Waals surface area contributed by atoms with Gasteiger partial charge < -0.3 is 10.4 Å². The van der Waals surface area contributed by atoms with Gasteiger partial charge in [0.15, 0.2) is 5.65 Å². The number of aromatic nitrogens is 3. The Morgan fingerprint density at radius 3 is 2.79 bits per heavy atom. The number of nitrogens with zero attached hydrogens (tertiary/aromatic N) is 3. The highest BCUT2D eigenvalue weighted by molar-refractivity contribution is 5.45. The number of pyridine rings is 1. The van der Waals surface area contributed by atoms with Crippen LogP contribution >= 0.6 is 0 Å². The first-order valence-electron chi connectivity index (χ1n) is 6.05. The Morgan fingerprint density at radius 2 is 2.00 bits per heavy atom. The van der Waals surface area contributed by atoms with Gasteiger partial charge in [0.2, 0.25) is 5.95 Å². The summed E-state index contributed by atoms with van der Waals surface area (Å²) in [6, 6.07) is 11.0. The molecule has 19 heavy (non-hydrogen) atoms. The SMILES string of the molecule is Cc1ccn2nc(NCc3ccc(O)cc3)nc2c1. The van der Waals surface area contributed by atoms with Gasteiger partial charge in [0.25, 0.3) is 0 Å². The second-order valence-electron chi connectivity index (χ2n) is 4.46. The van der Waals surface area contributed by atoms with E-state index in [0.717, 1.165) is 16.8 Å². The quantitative estimate of drug-likeness (QED) is 0.753. The maximum atomic E-state index is 9.21. The van der Waals surface area contributed by atoms with Gasteiger partial charge in [0.1, 0.15) is 5.75 Å². The number of fused-ring (bicyclic) bond motifs is 1. The molecular weight excluding hydrogens is 240 g/mol. The minimum atomic E-state index is 0.269.